The van der Waals surface area contributed by atoms with Crippen molar-refractivity contribution in [2.75, 3.05) is 6.61 Å². The second-order valence-electron chi connectivity index (χ2n) is 7.30. The zero-order valence-corrected chi connectivity index (χ0v) is 24.2. The molecule has 0 saturated heterocycles. The number of phosphoric ester groups is 1. The van der Waals surface area contributed by atoms with Gasteiger partial charge in [0.25, 0.3) is 0 Å². The van der Waals surface area contributed by atoms with E-state index in [2.05, 4.69) is 16.0 Å². The summed E-state index contributed by atoms with van der Waals surface area (Å²) in [7, 11) is -4.62. The molecule has 30 heavy (non-hydrogen) atoms. The first-order valence-corrected chi connectivity index (χ1v) is 12.3. The third-order valence-corrected chi connectivity index (χ3v) is 5.44. The normalized spacial score (nSPS) is 12.3. The van der Waals surface area contributed by atoms with Crippen LogP contribution in [-0.4, -0.2) is 66.3 Å². The van der Waals surface area contributed by atoms with Gasteiger partial charge in [0.05, 0.1) is 0 Å². The van der Waals surface area contributed by atoms with E-state index < -0.39 is 26.4 Å². The van der Waals surface area contributed by atoms with Crippen molar-refractivity contribution in [1.29, 1.82) is 0 Å². The number of carbonyl (C=O) groups excluding carboxylic acids is 1. The summed E-state index contributed by atoms with van der Waals surface area (Å²) in [6, 6.07) is 0. The molecule has 0 amide bonds. The van der Waals surface area contributed by atoms with Gasteiger partial charge in [0.1, 0.15) is 0 Å². The first-order chi connectivity index (χ1) is 13.4. The van der Waals surface area contributed by atoms with E-state index in [0.717, 1.165) is 19.3 Å². The Balaban J connectivity index is -0.000000364. The number of unbranched alkanes of at least 4 members (excludes halogenated alkanes) is 14. The summed E-state index contributed by atoms with van der Waals surface area (Å²) in [4.78, 5) is 30.9. The van der Waals surface area contributed by atoms with Crippen LogP contribution in [0.2, 0.25) is 0 Å². The van der Waals surface area contributed by atoms with Gasteiger partial charge in [-0.3, -0.25) is 14.2 Å². The maximum Gasteiger partial charge on any atom is 2.00 e. The molecule has 10 heteroatoms. The Kier molecular flexibility index (Phi) is 29.9. The molecule has 0 bridgehead atoms. The van der Waals surface area contributed by atoms with Crippen LogP contribution in [0.1, 0.15) is 114 Å². The number of hydrogen-bond donors (Lipinski definition) is 2. The van der Waals surface area contributed by atoms with E-state index in [4.69, 9.17) is 5.11 Å². The zero-order chi connectivity index (χ0) is 21.1. The standard InChI is InChI=1S/C20H39O7P.Ca.Na.3H/c1-2-3-4-5-6-7-8-9-10-11-12-13-14-15-16-17-20(23)27-28(24,25)26-18-19(21)22;;;;;/h2-18H2,1H3,(H,21,22)(H,24,25);;;;;/q;+2;+1;3*-1. The van der Waals surface area contributed by atoms with Crippen LogP contribution in [-0.2, 0) is 23.2 Å². The van der Waals surface area contributed by atoms with E-state index in [9.17, 15) is 19.0 Å². The van der Waals surface area contributed by atoms with Crippen LogP contribution in [0.15, 0.2) is 0 Å². The molecule has 172 valence electrons. The molecule has 0 fully saturated rings. The van der Waals surface area contributed by atoms with Gasteiger partial charge < -0.3 is 13.9 Å². The minimum atomic E-state index is -4.62. The fraction of sp³-hybridized carbons (Fsp3) is 0.900. The number of phosphoric acid groups is 1. The van der Waals surface area contributed by atoms with E-state index in [0.29, 0.717) is 6.42 Å². The van der Waals surface area contributed by atoms with Gasteiger partial charge in [-0.2, -0.15) is 0 Å². The van der Waals surface area contributed by atoms with Gasteiger partial charge in [0.2, 0.25) is 0 Å². The van der Waals surface area contributed by atoms with Crippen LogP contribution in [0.4, 0.5) is 0 Å². The van der Waals surface area contributed by atoms with Crippen LogP contribution in [0.5, 0.6) is 0 Å². The molecular formula is C20H42CaNaO7P. The van der Waals surface area contributed by atoms with Crippen LogP contribution in [0.3, 0.4) is 0 Å². The molecule has 0 aliphatic heterocycles. The molecule has 7 nitrogen and oxygen atoms in total. The van der Waals surface area contributed by atoms with Crippen LogP contribution >= 0.6 is 7.82 Å². The SMILES string of the molecule is CCCCCCCCCCCCCCCCCC(=O)OP(=O)(O)OCC(=O)O.[Ca+2].[H-].[H-].[H-].[Na+]. The van der Waals surface area contributed by atoms with Gasteiger partial charge in [-0.05, 0) is 6.42 Å². The molecule has 0 saturated carbocycles. The summed E-state index contributed by atoms with van der Waals surface area (Å²) in [5.74, 6) is -2.25. The molecule has 2 N–H and O–H groups in total. The minimum Gasteiger partial charge on any atom is -1.00 e. The number of rotatable bonds is 20. The van der Waals surface area contributed by atoms with E-state index in [1.165, 1.54) is 70.6 Å². The second kappa shape index (κ2) is 25.0. The average Bonchev–Trinajstić information content (AvgIpc) is 2.63. The van der Waals surface area contributed by atoms with Crippen LogP contribution in [0, 0.1) is 0 Å². The predicted octanol–water partition coefficient (Wildman–Crippen LogP) is 2.95. The van der Waals surface area contributed by atoms with E-state index in [1.54, 1.807) is 0 Å². The maximum atomic E-state index is 11.5. The zero-order valence-electron chi connectivity index (χ0n) is 22.1. The minimum absolute atomic E-state index is 0. The summed E-state index contributed by atoms with van der Waals surface area (Å²) in [5.41, 5.74) is 0. The van der Waals surface area contributed by atoms with Crippen molar-refractivity contribution in [2.24, 2.45) is 0 Å². The van der Waals surface area contributed by atoms with Crippen molar-refractivity contribution in [3.63, 3.8) is 0 Å². The Morgan fingerprint density at radius 1 is 0.800 bits per heavy atom. The quantitative estimate of drug-likeness (QED) is 0.154. The smallest absolute Gasteiger partial charge is 1.00 e. The predicted molar refractivity (Wildman–Crippen MR) is 118 cm³/mol. The van der Waals surface area contributed by atoms with Crippen molar-refractivity contribution < 1.29 is 67.0 Å². The first-order valence-electron chi connectivity index (χ1n) is 10.8. The Labute approximate surface area is 238 Å². The van der Waals surface area contributed by atoms with Crippen LogP contribution in [0.25, 0.3) is 0 Å². The largest absolute Gasteiger partial charge is 2.00 e. The fourth-order valence-corrected chi connectivity index (χ4v) is 3.65. The molecule has 1 unspecified atom stereocenters. The molecule has 0 aromatic carbocycles. The number of hydrogen-bond acceptors (Lipinski definition) is 5. The van der Waals surface area contributed by atoms with Crippen molar-refractivity contribution in [3.05, 3.63) is 0 Å². The third-order valence-electron chi connectivity index (χ3n) is 4.55. The van der Waals surface area contributed by atoms with Gasteiger partial charge in [0, 0.05) is 6.42 Å². The Morgan fingerprint density at radius 3 is 1.53 bits per heavy atom. The van der Waals surface area contributed by atoms with Gasteiger partial charge in [-0.15, -0.1) is 0 Å². The summed E-state index contributed by atoms with van der Waals surface area (Å²) in [6.07, 6.45) is 18.2. The number of carboxylic acid groups (broad SMARTS) is 1. The molecule has 0 aliphatic carbocycles. The molecule has 0 aliphatic rings. The molecule has 0 heterocycles. The van der Waals surface area contributed by atoms with Gasteiger partial charge in [-0.1, -0.05) is 96.8 Å². The van der Waals surface area contributed by atoms with Gasteiger partial charge in [-0.25, -0.2) is 9.36 Å². The Morgan fingerprint density at radius 2 is 1.17 bits per heavy atom. The molecule has 0 spiro atoms. The summed E-state index contributed by atoms with van der Waals surface area (Å²) >= 11 is 0. The first kappa shape index (κ1) is 35.9. The average molecular weight is 489 g/mol. The Hall–Kier alpha value is 1.35. The molecule has 1 atom stereocenters. The fourth-order valence-electron chi connectivity index (χ4n) is 2.98. The van der Waals surface area contributed by atoms with E-state index >= 15 is 0 Å². The summed E-state index contributed by atoms with van der Waals surface area (Å²) < 4.78 is 19.8. The summed E-state index contributed by atoms with van der Waals surface area (Å²) in [5, 5.41) is 8.37. The molecule has 0 rings (SSSR count). The van der Waals surface area contributed by atoms with E-state index in [-0.39, 0.29) is 78.0 Å². The second-order valence-corrected chi connectivity index (χ2v) is 8.68. The summed E-state index contributed by atoms with van der Waals surface area (Å²) in [6.45, 7) is 1.26. The molecule has 0 aromatic rings. The number of carbonyl (C=O) groups is 2. The number of aliphatic carboxylic acids is 1. The van der Waals surface area contributed by atoms with Crippen molar-refractivity contribution >= 4 is 57.5 Å². The van der Waals surface area contributed by atoms with Crippen molar-refractivity contribution in [2.45, 2.75) is 110 Å². The number of carboxylic acids is 1. The molecule has 0 aromatic heterocycles. The monoisotopic (exact) mass is 488 g/mol. The van der Waals surface area contributed by atoms with E-state index in [1.807, 2.05) is 0 Å². The van der Waals surface area contributed by atoms with Gasteiger partial charge in [0.15, 0.2) is 6.61 Å². The third kappa shape index (κ3) is 27.4. The molecular weight excluding hydrogens is 446 g/mol. The molecule has 0 radical (unpaired) electrons. The van der Waals surface area contributed by atoms with Crippen LogP contribution < -0.4 is 29.6 Å². The van der Waals surface area contributed by atoms with Crippen molar-refractivity contribution in [3.8, 4) is 0 Å². The van der Waals surface area contributed by atoms with Gasteiger partial charge >= 0.3 is 87.1 Å². The Bertz CT molecular complexity index is 481. The maximum absolute atomic E-state index is 11.5. The topological polar surface area (TPSA) is 110 Å². The van der Waals surface area contributed by atoms with Crippen molar-refractivity contribution in [1.82, 2.24) is 0 Å².